The van der Waals surface area contributed by atoms with E-state index >= 15 is 0 Å². The summed E-state index contributed by atoms with van der Waals surface area (Å²) in [6, 6.07) is 4.37. The minimum Gasteiger partial charge on any atom is -0.493 e. The third kappa shape index (κ3) is 3.80. The van der Waals surface area contributed by atoms with Gasteiger partial charge in [0.2, 0.25) is 0 Å². The molecule has 0 atom stereocenters. The van der Waals surface area contributed by atoms with Crippen molar-refractivity contribution in [1.29, 1.82) is 5.41 Å². The van der Waals surface area contributed by atoms with Gasteiger partial charge in [0.15, 0.2) is 0 Å². The zero-order valence-corrected chi connectivity index (χ0v) is 8.34. The monoisotopic (exact) mass is 232 g/mol. The summed E-state index contributed by atoms with van der Waals surface area (Å²) >= 11 is 0. The van der Waals surface area contributed by atoms with E-state index in [1.54, 1.807) is 0 Å². The maximum atomic E-state index is 12.2. The van der Waals surface area contributed by atoms with E-state index in [4.69, 9.17) is 15.9 Å². The molecule has 0 fully saturated rings. The van der Waals surface area contributed by atoms with E-state index in [0.29, 0.717) is 5.75 Å². The molecule has 3 nitrogen and oxygen atoms in total. The molecule has 0 saturated heterocycles. The third-order valence-corrected chi connectivity index (χ3v) is 1.82. The summed E-state index contributed by atoms with van der Waals surface area (Å²) in [4.78, 5) is 0. The number of rotatable bonds is 4. The second kappa shape index (κ2) is 4.87. The molecule has 0 unspecified atom stereocenters. The van der Waals surface area contributed by atoms with Gasteiger partial charge < -0.3 is 10.5 Å². The molecule has 0 aliphatic heterocycles. The summed E-state index contributed by atoms with van der Waals surface area (Å²) in [7, 11) is 0. The Morgan fingerprint density at radius 2 is 1.81 bits per heavy atom. The first-order chi connectivity index (χ1) is 7.39. The maximum Gasteiger partial charge on any atom is 0.416 e. The Balaban J connectivity index is 2.55. The zero-order valence-electron chi connectivity index (χ0n) is 8.34. The average molecular weight is 232 g/mol. The fourth-order valence-corrected chi connectivity index (χ4v) is 1.02. The molecule has 88 valence electrons. The number of nitrogens with one attached hydrogen (secondary N) is 1. The molecule has 0 radical (unpaired) electrons. The lowest BCUT2D eigenvalue weighted by atomic mass is 10.2. The van der Waals surface area contributed by atoms with Gasteiger partial charge in [-0.05, 0) is 24.3 Å². The minimum absolute atomic E-state index is 0.0214. The first-order valence-corrected chi connectivity index (χ1v) is 4.52. The van der Waals surface area contributed by atoms with E-state index in [0.717, 1.165) is 12.1 Å². The van der Waals surface area contributed by atoms with Gasteiger partial charge in [-0.15, -0.1) is 0 Å². The molecule has 0 aliphatic rings. The highest BCUT2D eigenvalue weighted by molar-refractivity contribution is 5.76. The van der Waals surface area contributed by atoms with Crippen LogP contribution in [-0.2, 0) is 6.18 Å². The van der Waals surface area contributed by atoms with E-state index in [1.165, 1.54) is 12.1 Å². The van der Waals surface area contributed by atoms with Crippen LogP contribution < -0.4 is 10.5 Å². The molecular formula is C10H11F3N2O. The van der Waals surface area contributed by atoms with Crippen LogP contribution >= 0.6 is 0 Å². The molecule has 1 rings (SSSR count). The van der Waals surface area contributed by atoms with Crippen LogP contribution in [0.2, 0.25) is 0 Å². The fourth-order valence-electron chi connectivity index (χ4n) is 1.02. The quantitative estimate of drug-likeness (QED) is 0.618. The topological polar surface area (TPSA) is 59.1 Å². The van der Waals surface area contributed by atoms with Crippen molar-refractivity contribution in [3.05, 3.63) is 29.8 Å². The first-order valence-electron chi connectivity index (χ1n) is 4.52. The molecular weight excluding hydrogens is 221 g/mol. The fraction of sp³-hybridized carbons (Fsp3) is 0.300. The molecule has 0 aromatic heterocycles. The average Bonchev–Trinajstić information content (AvgIpc) is 2.16. The van der Waals surface area contributed by atoms with Crippen LogP contribution in [0.5, 0.6) is 5.75 Å². The van der Waals surface area contributed by atoms with Crippen molar-refractivity contribution in [1.82, 2.24) is 0 Å². The minimum atomic E-state index is -4.34. The van der Waals surface area contributed by atoms with Crippen molar-refractivity contribution in [2.45, 2.75) is 12.6 Å². The van der Waals surface area contributed by atoms with E-state index in [-0.39, 0.29) is 18.9 Å². The second-order valence-electron chi connectivity index (χ2n) is 3.15. The number of hydrogen-bond acceptors (Lipinski definition) is 2. The Morgan fingerprint density at radius 1 is 1.25 bits per heavy atom. The van der Waals surface area contributed by atoms with Crippen molar-refractivity contribution in [3.63, 3.8) is 0 Å². The smallest absolute Gasteiger partial charge is 0.416 e. The van der Waals surface area contributed by atoms with E-state index in [1.807, 2.05) is 0 Å². The Hall–Kier alpha value is -1.72. The predicted octanol–water partition coefficient (Wildman–Crippen LogP) is 2.41. The van der Waals surface area contributed by atoms with Gasteiger partial charge in [-0.25, -0.2) is 0 Å². The molecule has 6 heteroatoms. The molecule has 0 bridgehead atoms. The molecule has 1 aromatic rings. The third-order valence-electron chi connectivity index (χ3n) is 1.82. The first kappa shape index (κ1) is 12.4. The highest BCUT2D eigenvalue weighted by Crippen LogP contribution is 2.30. The standard InChI is InChI=1S/C10H11F3N2O/c11-10(12,13)7-1-3-8(4-2-7)16-6-5-9(14)15/h1-4H,5-6H2,(H3,14,15). The summed E-state index contributed by atoms with van der Waals surface area (Å²) in [5.41, 5.74) is 4.38. The number of hydrogen-bond donors (Lipinski definition) is 2. The lowest BCUT2D eigenvalue weighted by Gasteiger charge is -2.08. The zero-order chi connectivity index (χ0) is 12.2. The maximum absolute atomic E-state index is 12.2. The largest absolute Gasteiger partial charge is 0.493 e. The number of ether oxygens (including phenoxy) is 1. The van der Waals surface area contributed by atoms with Gasteiger partial charge in [-0.2, -0.15) is 13.2 Å². The number of nitrogens with two attached hydrogens (primary N) is 1. The normalized spacial score (nSPS) is 11.2. The lowest BCUT2D eigenvalue weighted by Crippen LogP contribution is -2.13. The van der Waals surface area contributed by atoms with E-state index < -0.39 is 11.7 Å². The van der Waals surface area contributed by atoms with Crippen LogP contribution in [0, 0.1) is 5.41 Å². The van der Waals surface area contributed by atoms with Crippen LogP contribution in [0.15, 0.2) is 24.3 Å². The number of halogens is 3. The van der Waals surface area contributed by atoms with Gasteiger partial charge in [0, 0.05) is 6.42 Å². The molecule has 3 N–H and O–H groups in total. The molecule has 0 saturated carbocycles. The van der Waals surface area contributed by atoms with E-state index in [9.17, 15) is 13.2 Å². The van der Waals surface area contributed by atoms with E-state index in [2.05, 4.69) is 0 Å². The van der Waals surface area contributed by atoms with Crippen LogP contribution in [0.1, 0.15) is 12.0 Å². The van der Waals surface area contributed by atoms with Crippen molar-refractivity contribution < 1.29 is 17.9 Å². The Kier molecular flexibility index (Phi) is 3.76. The number of amidine groups is 1. The van der Waals surface area contributed by atoms with Crippen molar-refractivity contribution >= 4 is 5.84 Å². The summed E-state index contributed by atoms with van der Waals surface area (Å²) in [5, 5.41) is 6.93. The van der Waals surface area contributed by atoms with Gasteiger partial charge in [0.05, 0.1) is 18.0 Å². The second-order valence-corrected chi connectivity index (χ2v) is 3.15. The van der Waals surface area contributed by atoms with Crippen LogP contribution in [0.25, 0.3) is 0 Å². The SMILES string of the molecule is N=C(N)CCOc1ccc(C(F)(F)F)cc1. The lowest BCUT2D eigenvalue weighted by molar-refractivity contribution is -0.137. The Morgan fingerprint density at radius 3 is 2.25 bits per heavy atom. The van der Waals surface area contributed by atoms with Crippen molar-refractivity contribution in [3.8, 4) is 5.75 Å². The molecule has 0 spiro atoms. The van der Waals surface area contributed by atoms with Crippen molar-refractivity contribution in [2.24, 2.45) is 5.73 Å². The summed E-state index contributed by atoms with van der Waals surface area (Å²) < 4.78 is 41.7. The van der Waals surface area contributed by atoms with Gasteiger partial charge in [0.1, 0.15) is 5.75 Å². The van der Waals surface area contributed by atoms with Gasteiger partial charge in [0.25, 0.3) is 0 Å². The molecule has 1 aromatic carbocycles. The Labute approximate surface area is 90.5 Å². The highest BCUT2D eigenvalue weighted by atomic mass is 19.4. The van der Waals surface area contributed by atoms with Crippen LogP contribution in [-0.4, -0.2) is 12.4 Å². The highest BCUT2D eigenvalue weighted by Gasteiger charge is 2.29. The number of benzene rings is 1. The predicted molar refractivity (Wildman–Crippen MR) is 53.5 cm³/mol. The summed E-state index contributed by atoms with van der Waals surface area (Å²) in [6.45, 7) is 0.181. The molecule has 0 heterocycles. The molecule has 0 aliphatic carbocycles. The molecule has 16 heavy (non-hydrogen) atoms. The summed E-state index contributed by atoms with van der Waals surface area (Å²) in [5.74, 6) is 0.307. The van der Waals surface area contributed by atoms with Gasteiger partial charge in [-0.3, -0.25) is 5.41 Å². The summed E-state index contributed by atoms with van der Waals surface area (Å²) in [6.07, 6.45) is -4.08. The van der Waals surface area contributed by atoms with Crippen LogP contribution in [0.3, 0.4) is 0 Å². The van der Waals surface area contributed by atoms with Crippen molar-refractivity contribution in [2.75, 3.05) is 6.61 Å². The molecule has 0 amide bonds. The van der Waals surface area contributed by atoms with Gasteiger partial charge in [-0.1, -0.05) is 0 Å². The number of alkyl halides is 3. The Bertz CT molecular complexity index is 359. The van der Waals surface area contributed by atoms with Gasteiger partial charge >= 0.3 is 6.18 Å². The van der Waals surface area contributed by atoms with Crippen LogP contribution in [0.4, 0.5) is 13.2 Å².